The van der Waals surface area contributed by atoms with E-state index in [4.69, 9.17) is 9.47 Å². The second kappa shape index (κ2) is 13.3. The van der Waals surface area contributed by atoms with Gasteiger partial charge in [-0.3, -0.25) is 23.9 Å². The van der Waals surface area contributed by atoms with Crippen molar-refractivity contribution in [3.05, 3.63) is 106 Å². The second-order valence-corrected chi connectivity index (χ2v) is 9.16. The van der Waals surface area contributed by atoms with Crippen LogP contribution in [0.5, 0.6) is 11.5 Å². The lowest BCUT2D eigenvalue weighted by molar-refractivity contribution is -0.123. The minimum Gasteiger partial charge on any atom is -0.483 e. The fraction of sp³-hybridized carbons (Fsp3) is 0.241. The van der Waals surface area contributed by atoms with Gasteiger partial charge in [-0.25, -0.2) is 4.39 Å². The molecule has 1 aromatic heterocycles. The van der Waals surface area contributed by atoms with Crippen molar-refractivity contribution in [2.75, 3.05) is 32.3 Å². The third-order valence-corrected chi connectivity index (χ3v) is 6.16. The summed E-state index contributed by atoms with van der Waals surface area (Å²) in [6.45, 7) is 3.63. The van der Waals surface area contributed by atoms with Crippen molar-refractivity contribution >= 4 is 17.7 Å². The van der Waals surface area contributed by atoms with Gasteiger partial charge in [0.05, 0.1) is 0 Å². The first-order valence-corrected chi connectivity index (χ1v) is 12.8. The summed E-state index contributed by atoms with van der Waals surface area (Å²) in [6.07, 6.45) is 3.49. The quantitative estimate of drug-likeness (QED) is 0.227. The van der Waals surface area contributed by atoms with Crippen molar-refractivity contribution in [2.45, 2.75) is 19.6 Å². The van der Waals surface area contributed by atoms with E-state index in [-0.39, 0.29) is 49.2 Å². The van der Waals surface area contributed by atoms with Gasteiger partial charge in [-0.15, -0.1) is 6.58 Å². The molecule has 0 fully saturated rings. The van der Waals surface area contributed by atoms with Crippen LogP contribution < -0.4 is 31.0 Å². The minimum absolute atomic E-state index is 0.00257. The molecule has 2 aromatic carbocycles. The lowest BCUT2D eigenvalue weighted by Gasteiger charge is -2.29. The summed E-state index contributed by atoms with van der Waals surface area (Å²) < 4.78 is 26.5. The van der Waals surface area contributed by atoms with E-state index in [1.54, 1.807) is 25.3 Å². The molecule has 0 radical (unpaired) electrons. The number of carbonyl (C=O) groups excluding carboxylic acids is 3. The van der Waals surface area contributed by atoms with Crippen LogP contribution >= 0.6 is 0 Å². The molecule has 214 valence electrons. The van der Waals surface area contributed by atoms with E-state index in [0.29, 0.717) is 18.5 Å². The van der Waals surface area contributed by atoms with Gasteiger partial charge in [0, 0.05) is 38.0 Å². The molecular weight excluding hydrogens is 533 g/mol. The lowest BCUT2D eigenvalue weighted by atomic mass is 10.1. The number of halogens is 1. The number of nitrogens with zero attached hydrogens (tertiary/aromatic N) is 2. The SMILES string of the molecule is C=CCCNC(=O)COc1cc(F)ccc1CNC(=O)c1cn2c(c(OCc3ccccc3)c1=O)C(=O)N(C)CN2. The highest BCUT2D eigenvalue weighted by Crippen LogP contribution is 2.22. The van der Waals surface area contributed by atoms with Crippen molar-refractivity contribution in [1.29, 1.82) is 0 Å². The Morgan fingerprint density at radius 2 is 1.90 bits per heavy atom. The first-order chi connectivity index (χ1) is 19.8. The fourth-order valence-corrected chi connectivity index (χ4v) is 3.96. The molecule has 0 bridgehead atoms. The average molecular weight is 564 g/mol. The molecule has 0 saturated carbocycles. The average Bonchev–Trinajstić information content (AvgIpc) is 2.97. The van der Waals surface area contributed by atoms with Crippen LogP contribution in [0.15, 0.2) is 72.2 Å². The van der Waals surface area contributed by atoms with Crippen LogP contribution in [0.2, 0.25) is 0 Å². The van der Waals surface area contributed by atoms with Gasteiger partial charge in [0.15, 0.2) is 18.1 Å². The van der Waals surface area contributed by atoms with Crippen molar-refractivity contribution in [3.63, 3.8) is 0 Å². The zero-order valence-electron chi connectivity index (χ0n) is 22.4. The predicted molar refractivity (Wildman–Crippen MR) is 149 cm³/mol. The zero-order valence-corrected chi connectivity index (χ0v) is 22.4. The number of aromatic nitrogens is 1. The number of amides is 3. The highest BCUT2D eigenvalue weighted by Gasteiger charge is 2.30. The van der Waals surface area contributed by atoms with Gasteiger partial charge in [-0.1, -0.05) is 42.5 Å². The molecule has 2 heterocycles. The first-order valence-electron chi connectivity index (χ1n) is 12.8. The highest BCUT2D eigenvalue weighted by molar-refractivity contribution is 5.99. The fourth-order valence-electron chi connectivity index (χ4n) is 3.96. The van der Waals surface area contributed by atoms with Crippen molar-refractivity contribution in [2.24, 2.45) is 0 Å². The Labute approximate surface area is 235 Å². The van der Waals surface area contributed by atoms with E-state index in [2.05, 4.69) is 22.6 Å². The van der Waals surface area contributed by atoms with Gasteiger partial charge in [0.25, 0.3) is 17.7 Å². The summed E-state index contributed by atoms with van der Waals surface area (Å²) in [6, 6.07) is 12.8. The van der Waals surface area contributed by atoms with Gasteiger partial charge in [-0.2, -0.15) is 0 Å². The number of hydrogen-bond donors (Lipinski definition) is 3. The largest absolute Gasteiger partial charge is 0.483 e. The Balaban J connectivity index is 1.54. The normalized spacial score (nSPS) is 12.1. The summed E-state index contributed by atoms with van der Waals surface area (Å²) in [5.41, 5.74) is 3.04. The monoisotopic (exact) mass is 563 g/mol. The number of hydrogen-bond acceptors (Lipinski definition) is 7. The molecule has 0 unspecified atom stereocenters. The summed E-state index contributed by atoms with van der Waals surface area (Å²) in [7, 11) is 1.57. The Hall–Kier alpha value is -5.13. The van der Waals surface area contributed by atoms with Gasteiger partial charge < -0.3 is 30.4 Å². The van der Waals surface area contributed by atoms with E-state index in [9.17, 15) is 23.6 Å². The lowest BCUT2D eigenvalue weighted by Crippen LogP contribution is -2.45. The summed E-state index contributed by atoms with van der Waals surface area (Å²) in [5.74, 6) is -2.38. The number of ether oxygens (including phenoxy) is 2. The Kier molecular flexibility index (Phi) is 9.35. The first kappa shape index (κ1) is 28.9. The summed E-state index contributed by atoms with van der Waals surface area (Å²) in [4.78, 5) is 52.9. The van der Waals surface area contributed by atoms with E-state index in [1.165, 1.54) is 27.9 Å². The predicted octanol–water partition coefficient (Wildman–Crippen LogP) is 2.15. The number of carbonyl (C=O) groups is 3. The maximum Gasteiger partial charge on any atom is 0.277 e. The number of benzene rings is 2. The standard InChI is InChI=1S/C29H30FN5O6/c1-3-4-12-31-24(36)17-40-23-13-21(30)11-10-20(23)14-32-28(38)22-15-35-25(29(39)34(2)18-33-35)27(26(22)37)41-16-19-8-6-5-7-9-19/h3,5-11,13,15,33H,1,4,12,14,16-18H2,2H3,(H,31,36)(H,32,38). The molecule has 0 atom stereocenters. The molecule has 41 heavy (non-hydrogen) atoms. The van der Waals surface area contributed by atoms with Gasteiger partial charge in [0.1, 0.15) is 30.4 Å². The van der Waals surface area contributed by atoms with Crippen molar-refractivity contribution in [1.82, 2.24) is 20.2 Å². The van der Waals surface area contributed by atoms with Crippen LogP contribution in [-0.2, 0) is 17.9 Å². The molecule has 3 amide bonds. The Bertz CT molecular complexity index is 1510. The van der Waals surface area contributed by atoms with E-state index in [1.807, 2.05) is 18.2 Å². The maximum atomic E-state index is 13.9. The van der Waals surface area contributed by atoms with Gasteiger partial charge >= 0.3 is 0 Å². The van der Waals surface area contributed by atoms with E-state index >= 15 is 0 Å². The molecule has 0 aliphatic carbocycles. The molecular formula is C29H30FN5O6. The van der Waals surface area contributed by atoms with Crippen LogP contribution in [0.1, 0.15) is 38.4 Å². The number of rotatable bonds is 12. The van der Waals surface area contributed by atoms with E-state index < -0.39 is 29.0 Å². The number of pyridine rings is 1. The van der Waals surface area contributed by atoms with Crippen LogP contribution in [-0.4, -0.2) is 54.2 Å². The Morgan fingerprint density at radius 1 is 1.12 bits per heavy atom. The third-order valence-electron chi connectivity index (χ3n) is 6.16. The molecule has 12 heteroatoms. The van der Waals surface area contributed by atoms with E-state index in [0.717, 1.165) is 11.6 Å². The zero-order chi connectivity index (χ0) is 29.4. The summed E-state index contributed by atoms with van der Waals surface area (Å²) >= 11 is 0. The molecule has 0 saturated heterocycles. The number of nitrogens with one attached hydrogen (secondary N) is 3. The molecule has 3 aromatic rings. The second-order valence-electron chi connectivity index (χ2n) is 9.16. The van der Waals surface area contributed by atoms with Gasteiger partial charge in [0.2, 0.25) is 5.43 Å². The minimum atomic E-state index is -0.762. The molecule has 1 aliphatic rings. The molecule has 1 aliphatic heterocycles. The van der Waals surface area contributed by atoms with Crippen molar-refractivity contribution in [3.8, 4) is 11.5 Å². The highest BCUT2D eigenvalue weighted by atomic mass is 19.1. The third kappa shape index (κ3) is 7.10. The van der Waals surface area contributed by atoms with Crippen LogP contribution in [0, 0.1) is 5.82 Å². The molecule has 4 rings (SSSR count). The molecule has 0 spiro atoms. The van der Waals surface area contributed by atoms with Crippen molar-refractivity contribution < 1.29 is 28.2 Å². The maximum absolute atomic E-state index is 13.9. The van der Waals surface area contributed by atoms with Crippen LogP contribution in [0.25, 0.3) is 0 Å². The molecule has 11 nitrogen and oxygen atoms in total. The van der Waals surface area contributed by atoms with Gasteiger partial charge in [-0.05, 0) is 18.1 Å². The topological polar surface area (TPSA) is 131 Å². The van der Waals surface area contributed by atoms with Crippen LogP contribution in [0.3, 0.4) is 0 Å². The van der Waals surface area contributed by atoms with Crippen LogP contribution in [0.4, 0.5) is 4.39 Å². The smallest absolute Gasteiger partial charge is 0.277 e. The molecule has 3 N–H and O–H groups in total. The summed E-state index contributed by atoms with van der Waals surface area (Å²) in [5, 5.41) is 5.27. The Morgan fingerprint density at radius 3 is 2.66 bits per heavy atom. The number of fused-ring (bicyclic) bond motifs is 1.